The number of hydrogen-bond acceptors (Lipinski definition) is 5. The van der Waals surface area contributed by atoms with Crippen LogP contribution in [0.3, 0.4) is 0 Å². The summed E-state index contributed by atoms with van der Waals surface area (Å²) >= 11 is 1.43. The lowest BCUT2D eigenvalue weighted by molar-refractivity contribution is -0.118. The van der Waals surface area contributed by atoms with Gasteiger partial charge in [0, 0.05) is 6.54 Å². The number of esters is 1. The Labute approximate surface area is 139 Å². The number of carbonyl (C=O) groups excluding carboxylic acids is 2. The SMILES string of the molecule is COC(=O)c1cc(CSCC(=O)NCc2ccccc2)oc1C. The molecular formula is C17H19NO4S. The van der Waals surface area contributed by atoms with Crippen LogP contribution in [0.1, 0.15) is 27.4 Å². The third kappa shape index (κ3) is 5.17. The number of rotatable bonds is 7. The fourth-order valence-corrected chi connectivity index (χ4v) is 2.75. The molecular weight excluding hydrogens is 314 g/mol. The molecule has 0 aliphatic carbocycles. The second-order valence-electron chi connectivity index (χ2n) is 4.93. The third-order valence-corrected chi connectivity index (χ3v) is 4.14. The first kappa shape index (κ1) is 17.1. The maximum atomic E-state index is 11.8. The molecule has 2 rings (SSSR count). The summed E-state index contributed by atoms with van der Waals surface area (Å²) in [5.74, 6) is 1.60. The first-order valence-electron chi connectivity index (χ1n) is 7.16. The topological polar surface area (TPSA) is 68.5 Å². The number of amides is 1. The third-order valence-electron chi connectivity index (χ3n) is 3.18. The molecule has 0 spiro atoms. The highest BCUT2D eigenvalue weighted by Crippen LogP contribution is 2.20. The number of benzene rings is 1. The van der Waals surface area contributed by atoms with Crippen molar-refractivity contribution >= 4 is 23.6 Å². The van der Waals surface area contributed by atoms with E-state index in [9.17, 15) is 9.59 Å². The molecule has 0 saturated carbocycles. The molecule has 5 nitrogen and oxygen atoms in total. The summed E-state index contributed by atoms with van der Waals surface area (Å²) < 4.78 is 10.2. The van der Waals surface area contributed by atoms with Gasteiger partial charge in [-0.25, -0.2) is 4.79 Å². The maximum Gasteiger partial charge on any atom is 0.341 e. The van der Waals surface area contributed by atoms with E-state index in [0.29, 0.717) is 35.1 Å². The molecule has 2 aromatic rings. The van der Waals surface area contributed by atoms with Crippen molar-refractivity contribution in [1.82, 2.24) is 5.32 Å². The Morgan fingerprint density at radius 3 is 2.70 bits per heavy atom. The van der Waals surface area contributed by atoms with E-state index in [1.165, 1.54) is 18.9 Å². The molecule has 0 atom stereocenters. The first-order valence-corrected chi connectivity index (χ1v) is 8.31. The number of furan rings is 1. The summed E-state index contributed by atoms with van der Waals surface area (Å²) in [6.45, 7) is 2.24. The first-order chi connectivity index (χ1) is 11.1. The molecule has 0 fully saturated rings. The number of nitrogens with one attached hydrogen (secondary N) is 1. The molecule has 0 saturated heterocycles. The summed E-state index contributed by atoms with van der Waals surface area (Å²) in [5, 5.41) is 2.86. The van der Waals surface area contributed by atoms with E-state index in [1.54, 1.807) is 13.0 Å². The van der Waals surface area contributed by atoms with Crippen molar-refractivity contribution in [3.8, 4) is 0 Å². The molecule has 0 aliphatic heterocycles. The Kier molecular flexibility index (Phi) is 6.29. The van der Waals surface area contributed by atoms with Crippen molar-refractivity contribution in [3.63, 3.8) is 0 Å². The smallest absolute Gasteiger partial charge is 0.341 e. The van der Waals surface area contributed by atoms with Crippen LogP contribution in [0.4, 0.5) is 0 Å². The molecule has 0 bridgehead atoms. The molecule has 6 heteroatoms. The van der Waals surface area contributed by atoms with Gasteiger partial charge < -0.3 is 14.5 Å². The minimum atomic E-state index is -0.414. The van der Waals surface area contributed by atoms with Crippen molar-refractivity contribution in [3.05, 3.63) is 59.0 Å². The van der Waals surface area contributed by atoms with Gasteiger partial charge in [-0.3, -0.25) is 4.79 Å². The molecule has 1 N–H and O–H groups in total. The zero-order valence-electron chi connectivity index (χ0n) is 13.1. The van der Waals surface area contributed by atoms with Crippen LogP contribution in [0.25, 0.3) is 0 Å². The predicted octanol–water partition coefficient (Wildman–Crippen LogP) is 2.92. The van der Waals surface area contributed by atoms with Gasteiger partial charge in [-0.05, 0) is 18.6 Å². The van der Waals surface area contributed by atoms with E-state index in [4.69, 9.17) is 4.42 Å². The fraction of sp³-hybridized carbons (Fsp3) is 0.294. The van der Waals surface area contributed by atoms with Gasteiger partial charge in [0.2, 0.25) is 5.91 Å². The van der Waals surface area contributed by atoms with Crippen LogP contribution in [-0.2, 0) is 21.8 Å². The lowest BCUT2D eigenvalue weighted by Crippen LogP contribution is -2.24. The highest BCUT2D eigenvalue weighted by Gasteiger charge is 2.15. The second-order valence-corrected chi connectivity index (χ2v) is 5.91. The number of carbonyl (C=O) groups is 2. The summed E-state index contributed by atoms with van der Waals surface area (Å²) in [7, 11) is 1.33. The fourth-order valence-electron chi connectivity index (χ4n) is 2.02. The Morgan fingerprint density at radius 1 is 1.26 bits per heavy atom. The second kappa shape index (κ2) is 8.43. The van der Waals surface area contributed by atoms with E-state index in [1.807, 2.05) is 30.3 Å². The Balaban J connectivity index is 1.74. The van der Waals surface area contributed by atoms with Crippen LogP contribution in [0, 0.1) is 6.92 Å². The van der Waals surface area contributed by atoms with E-state index in [-0.39, 0.29) is 5.91 Å². The van der Waals surface area contributed by atoms with Crippen molar-refractivity contribution < 1.29 is 18.7 Å². The average Bonchev–Trinajstić information content (AvgIpc) is 2.94. The number of ether oxygens (including phenoxy) is 1. The highest BCUT2D eigenvalue weighted by atomic mass is 32.2. The maximum absolute atomic E-state index is 11.8. The van der Waals surface area contributed by atoms with Crippen LogP contribution in [0.15, 0.2) is 40.8 Å². The zero-order chi connectivity index (χ0) is 16.7. The van der Waals surface area contributed by atoms with Crippen LogP contribution in [0.2, 0.25) is 0 Å². The van der Waals surface area contributed by atoms with Crippen LogP contribution in [-0.4, -0.2) is 24.7 Å². The lowest BCUT2D eigenvalue weighted by atomic mass is 10.2. The number of aryl methyl sites for hydroxylation is 1. The van der Waals surface area contributed by atoms with E-state index in [0.717, 1.165) is 5.56 Å². The molecule has 1 amide bonds. The summed E-state index contributed by atoms with van der Waals surface area (Å²) in [4.78, 5) is 23.3. The number of thioether (sulfide) groups is 1. The highest BCUT2D eigenvalue weighted by molar-refractivity contribution is 7.99. The van der Waals surface area contributed by atoms with E-state index in [2.05, 4.69) is 10.1 Å². The minimum Gasteiger partial charge on any atom is -0.465 e. The summed E-state index contributed by atoms with van der Waals surface area (Å²) in [6.07, 6.45) is 0. The van der Waals surface area contributed by atoms with E-state index >= 15 is 0 Å². The van der Waals surface area contributed by atoms with Gasteiger partial charge in [-0.2, -0.15) is 0 Å². The van der Waals surface area contributed by atoms with Gasteiger partial charge in [-0.1, -0.05) is 30.3 Å². The molecule has 0 unspecified atom stereocenters. The largest absolute Gasteiger partial charge is 0.465 e. The normalized spacial score (nSPS) is 10.3. The quantitative estimate of drug-likeness (QED) is 0.789. The van der Waals surface area contributed by atoms with Gasteiger partial charge in [-0.15, -0.1) is 11.8 Å². The molecule has 0 radical (unpaired) electrons. The standard InChI is InChI=1S/C17H19NO4S/c1-12-15(17(20)21-2)8-14(22-12)10-23-11-16(19)18-9-13-6-4-3-5-7-13/h3-8H,9-11H2,1-2H3,(H,18,19). The monoisotopic (exact) mass is 333 g/mol. The van der Waals surface area contributed by atoms with Gasteiger partial charge in [0.15, 0.2) is 0 Å². The van der Waals surface area contributed by atoms with Crippen molar-refractivity contribution in [2.45, 2.75) is 19.2 Å². The predicted molar refractivity (Wildman–Crippen MR) is 89.2 cm³/mol. The molecule has 23 heavy (non-hydrogen) atoms. The zero-order valence-corrected chi connectivity index (χ0v) is 13.9. The van der Waals surface area contributed by atoms with E-state index < -0.39 is 5.97 Å². The Hall–Kier alpha value is -2.21. The van der Waals surface area contributed by atoms with Gasteiger partial charge in [0.05, 0.1) is 18.6 Å². The van der Waals surface area contributed by atoms with Crippen molar-refractivity contribution in [2.75, 3.05) is 12.9 Å². The molecule has 1 aromatic carbocycles. The lowest BCUT2D eigenvalue weighted by Gasteiger charge is -2.04. The van der Waals surface area contributed by atoms with Crippen molar-refractivity contribution in [1.29, 1.82) is 0 Å². The minimum absolute atomic E-state index is 0.0321. The van der Waals surface area contributed by atoms with Crippen molar-refractivity contribution in [2.24, 2.45) is 0 Å². The Bertz CT molecular complexity index is 666. The van der Waals surface area contributed by atoms with Gasteiger partial charge in [0.1, 0.15) is 17.1 Å². The molecule has 0 aliphatic rings. The van der Waals surface area contributed by atoms with Crippen LogP contribution in [0.5, 0.6) is 0 Å². The summed E-state index contributed by atoms with van der Waals surface area (Å²) in [5.41, 5.74) is 1.49. The number of methoxy groups -OCH3 is 1. The van der Waals surface area contributed by atoms with Gasteiger partial charge in [0.25, 0.3) is 0 Å². The number of hydrogen-bond donors (Lipinski definition) is 1. The summed E-state index contributed by atoms with van der Waals surface area (Å²) in [6, 6.07) is 11.4. The average molecular weight is 333 g/mol. The van der Waals surface area contributed by atoms with Crippen LogP contribution >= 0.6 is 11.8 Å². The van der Waals surface area contributed by atoms with Gasteiger partial charge >= 0.3 is 5.97 Å². The molecule has 1 heterocycles. The molecule has 1 aromatic heterocycles. The Morgan fingerprint density at radius 2 is 2.00 bits per heavy atom. The van der Waals surface area contributed by atoms with Crippen LogP contribution < -0.4 is 5.32 Å². The molecule has 122 valence electrons.